The monoisotopic (exact) mass is 394 g/mol. The average Bonchev–Trinajstić information content (AvgIpc) is 2.71. The predicted octanol–water partition coefficient (Wildman–Crippen LogP) is 4.35. The number of rotatable bonds is 9. The topological polar surface area (TPSA) is 63.6 Å². The molecule has 0 heterocycles. The van der Waals surface area contributed by atoms with Gasteiger partial charge in [0.2, 0.25) is 0 Å². The molecule has 0 amide bonds. The van der Waals surface area contributed by atoms with E-state index in [0.29, 0.717) is 17.9 Å². The largest absolute Gasteiger partial charge is 0.481 e. The molecule has 0 aliphatic carbocycles. The summed E-state index contributed by atoms with van der Waals surface area (Å²) in [6, 6.07) is 21.5. The maximum Gasteiger partial charge on any atom is 0.341 e. The molecule has 3 rings (SSSR count). The minimum absolute atomic E-state index is 0.371. The maximum absolute atomic E-state index is 12.2. The lowest BCUT2D eigenvalue weighted by molar-refractivity contribution is -0.139. The summed E-state index contributed by atoms with van der Waals surface area (Å²) in [5, 5.41) is 12.5. The fourth-order valence-corrected chi connectivity index (χ4v) is 3.89. The van der Waals surface area contributed by atoms with Crippen LogP contribution in [0, 0.1) is 0 Å². The maximum atomic E-state index is 12.2. The summed E-state index contributed by atoms with van der Waals surface area (Å²) in [6.07, 6.45) is 3.37. The highest BCUT2D eigenvalue weighted by Crippen LogP contribution is 2.28. The van der Waals surface area contributed by atoms with E-state index in [0.717, 1.165) is 22.8 Å². The van der Waals surface area contributed by atoms with E-state index in [9.17, 15) is 9.00 Å². The standard InChI is InChI=1S/C23H22O4S/c24-23(25)17-27-22-13-5-11-20-19(9-4-12-21(20)22)10-6-15-28(26)16-14-18-7-2-1-3-8-18/h1-9,11-13,15H,10,14,16-17H2,(H,24,25). The number of fused-ring (bicyclic) bond motifs is 1. The summed E-state index contributed by atoms with van der Waals surface area (Å²) in [4.78, 5) is 10.8. The molecule has 0 aromatic heterocycles. The molecule has 0 aliphatic rings. The first-order valence-corrected chi connectivity index (χ1v) is 10.4. The highest BCUT2D eigenvalue weighted by molar-refractivity contribution is 7.87. The molecule has 4 nitrogen and oxygen atoms in total. The molecule has 3 aromatic rings. The highest BCUT2D eigenvalue weighted by atomic mass is 32.2. The molecule has 1 N–H and O–H groups in total. The van der Waals surface area contributed by atoms with Crippen LogP contribution in [0.2, 0.25) is 0 Å². The Morgan fingerprint density at radius 1 is 0.964 bits per heavy atom. The number of carboxylic acid groups (broad SMARTS) is 1. The Kier molecular flexibility index (Phi) is 6.98. The number of carbonyl (C=O) groups is 1. The fourth-order valence-electron chi connectivity index (χ4n) is 3.00. The van der Waals surface area contributed by atoms with Crippen LogP contribution < -0.4 is 4.74 Å². The lowest BCUT2D eigenvalue weighted by Crippen LogP contribution is -2.09. The first-order valence-electron chi connectivity index (χ1n) is 9.06. The minimum Gasteiger partial charge on any atom is -0.481 e. The molecule has 0 saturated carbocycles. The molecular formula is C23H22O4S. The van der Waals surface area contributed by atoms with Crippen LogP contribution in [0.4, 0.5) is 0 Å². The molecule has 1 atom stereocenters. The van der Waals surface area contributed by atoms with Gasteiger partial charge in [-0.2, -0.15) is 0 Å². The Morgan fingerprint density at radius 2 is 1.71 bits per heavy atom. The van der Waals surface area contributed by atoms with Crippen LogP contribution in [0.3, 0.4) is 0 Å². The minimum atomic E-state index is -1.01. The van der Waals surface area contributed by atoms with Gasteiger partial charge in [-0.1, -0.05) is 66.7 Å². The zero-order valence-corrected chi connectivity index (χ0v) is 16.2. The van der Waals surface area contributed by atoms with Gasteiger partial charge in [-0.05, 0) is 40.8 Å². The highest BCUT2D eigenvalue weighted by Gasteiger charge is 2.07. The predicted molar refractivity (Wildman–Crippen MR) is 113 cm³/mol. The Morgan fingerprint density at radius 3 is 2.50 bits per heavy atom. The Bertz CT molecular complexity index is 996. The zero-order valence-electron chi connectivity index (χ0n) is 15.4. The first-order chi connectivity index (χ1) is 13.6. The molecule has 0 radical (unpaired) electrons. The van der Waals surface area contributed by atoms with E-state index in [2.05, 4.69) is 0 Å². The van der Waals surface area contributed by atoms with Gasteiger partial charge in [0.25, 0.3) is 0 Å². The molecule has 5 heteroatoms. The number of ether oxygens (including phenoxy) is 1. The molecule has 0 bridgehead atoms. The van der Waals surface area contributed by atoms with Crippen LogP contribution in [0.1, 0.15) is 11.1 Å². The third kappa shape index (κ3) is 5.54. The van der Waals surface area contributed by atoms with Crippen LogP contribution in [0.15, 0.2) is 78.2 Å². The van der Waals surface area contributed by atoms with Crippen molar-refractivity contribution in [3.8, 4) is 5.75 Å². The second-order valence-corrected chi connectivity index (χ2v) is 7.79. The molecule has 0 fully saturated rings. The van der Waals surface area contributed by atoms with Gasteiger partial charge in [-0.3, -0.25) is 4.21 Å². The summed E-state index contributed by atoms with van der Waals surface area (Å²) in [7, 11) is -1.01. The molecule has 0 spiro atoms. The van der Waals surface area contributed by atoms with E-state index in [1.807, 2.05) is 66.7 Å². The Labute approximate surface area is 166 Å². The third-order valence-electron chi connectivity index (χ3n) is 4.34. The number of carboxylic acids is 1. The lowest BCUT2D eigenvalue weighted by Gasteiger charge is -2.10. The molecule has 0 saturated heterocycles. The van der Waals surface area contributed by atoms with Crippen molar-refractivity contribution in [3.05, 3.63) is 89.3 Å². The van der Waals surface area contributed by atoms with E-state index in [-0.39, 0.29) is 6.61 Å². The van der Waals surface area contributed by atoms with Gasteiger partial charge >= 0.3 is 5.97 Å². The quantitative estimate of drug-likeness (QED) is 0.586. The SMILES string of the molecule is O=C(O)COc1cccc2c(CC=CS(=O)CCc3ccccc3)cccc12. The molecule has 28 heavy (non-hydrogen) atoms. The normalized spacial score (nSPS) is 12.3. The Balaban J connectivity index is 1.65. The van der Waals surface area contributed by atoms with Crippen molar-refractivity contribution in [1.82, 2.24) is 0 Å². The Hall–Kier alpha value is -2.92. The molecule has 3 aromatic carbocycles. The van der Waals surface area contributed by atoms with E-state index in [4.69, 9.17) is 9.84 Å². The van der Waals surface area contributed by atoms with Crippen molar-refractivity contribution in [2.24, 2.45) is 0 Å². The van der Waals surface area contributed by atoms with E-state index < -0.39 is 16.8 Å². The van der Waals surface area contributed by atoms with Crippen molar-refractivity contribution in [2.45, 2.75) is 12.8 Å². The number of allylic oxidation sites excluding steroid dienone is 1. The summed E-state index contributed by atoms with van der Waals surface area (Å²) in [5.74, 6) is 0.148. The van der Waals surface area contributed by atoms with Gasteiger partial charge in [-0.15, -0.1) is 0 Å². The number of benzene rings is 3. The summed E-state index contributed by atoms with van der Waals surface area (Å²) in [5.41, 5.74) is 2.27. The van der Waals surface area contributed by atoms with Gasteiger partial charge in [0.05, 0.1) is 0 Å². The van der Waals surface area contributed by atoms with E-state index in [1.165, 1.54) is 5.56 Å². The van der Waals surface area contributed by atoms with Gasteiger partial charge in [0.15, 0.2) is 6.61 Å². The summed E-state index contributed by atoms with van der Waals surface area (Å²) < 4.78 is 17.6. The molecule has 0 aliphatic heterocycles. The van der Waals surface area contributed by atoms with E-state index in [1.54, 1.807) is 11.5 Å². The van der Waals surface area contributed by atoms with Crippen molar-refractivity contribution in [2.75, 3.05) is 12.4 Å². The van der Waals surface area contributed by atoms with E-state index >= 15 is 0 Å². The molecule has 1 unspecified atom stereocenters. The summed E-state index contributed by atoms with van der Waals surface area (Å²) >= 11 is 0. The average molecular weight is 394 g/mol. The smallest absolute Gasteiger partial charge is 0.341 e. The van der Waals surface area contributed by atoms with Crippen molar-refractivity contribution in [3.63, 3.8) is 0 Å². The number of hydrogen-bond donors (Lipinski definition) is 1. The van der Waals surface area contributed by atoms with Gasteiger partial charge in [0, 0.05) is 21.9 Å². The number of hydrogen-bond acceptors (Lipinski definition) is 3. The van der Waals surface area contributed by atoms with Gasteiger partial charge in [-0.25, -0.2) is 4.79 Å². The van der Waals surface area contributed by atoms with Crippen LogP contribution in [-0.4, -0.2) is 27.6 Å². The van der Waals surface area contributed by atoms with Crippen LogP contribution >= 0.6 is 0 Å². The number of aliphatic carboxylic acids is 1. The second kappa shape index (κ2) is 9.85. The van der Waals surface area contributed by atoms with Crippen LogP contribution in [0.5, 0.6) is 5.75 Å². The van der Waals surface area contributed by atoms with Crippen molar-refractivity contribution >= 4 is 27.5 Å². The molecular weight excluding hydrogens is 372 g/mol. The van der Waals surface area contributed by atoms with Crippen LogP contribution in [-0.2, 0) is 28.4 Å². The van der Waals surface area contributed by atoms with Crippen LogP contribution in [0.25, 0.3) is 10.8 Å². The van der Waals surface area contributed by atoms with Crippen molar-refractivity contribution in [1.29, 1.82) is 0 Å². The van der Waals surface area contributed by atoms with Gasteiger partial charge < -0.3 is 9.84 Å². The first kappa shape index (κ1) is 19.8. The summed E-state index contributed by atoms with van der Waals surface area (Å²) in [6.45, 7) is -0.371. The third-order valence-corrected chi connectivity index (χ3v) is 5.45. The number of aryl methyl sites for hydroxylation is 1. The zero-order chi connectivity index (χ0) is 19.8. The fraction of sp³-hybridized carbons (Fsp3) is 0.174. The van der Waals surface area contributed by atoms with Gasteiger partial charge in [0.1, 0.15) is 5.75 Å². The van der Waals surface area contributed by atoms with Crippen molar-refractivity contribution < 1.29 is 18.8 Å². The second-order valence-electron chi connectivity index (χ2n) is 6.35. The molecule has 144 valence electrons. The lowest BCUT2D eigenvalue weighted by atomic mass is 10.0.